The van der Waals surface area contributed by atoms with E-state index in [2.05, 4.69) is 28.6 Å². The average Bonchev–Trinajstić information content (AvgIpc) is 3.27. The number of fused-ring (bicyclic) bond motifs is 1. The molecule has 0 saturated carbocycles. The number of amides is 1. The summed E-state index contributed by atoms with van der Waals surface area (Å²) in [5.41, 5.74) is 2.52. The Kier molecular flexibility index (Phi) is 7.98. The normalized spacial score (nSPS) is 14.6. The standard InChI is InChI=1S/C27H34N4O3/c1-3-29(4-2)13-14-30-15-17-31(18-16-30)27(33)21-9-11-23(12-10-21)34-26(32)19-22-20-28-25-8-6-5-7-24(22)25/h5-12,20,28H,3-4,13-19H2,1-2H3. The van der Waals surface area contributed by atoms with Crippen LogP contribution in [0.15, 0.2) is 54.7 Å². The van der Waals surface area contributed by atoms with Gasteiger partial charge in [0.25, 0.3) is 5.91 Å². The van der Waals surface area contributed by atoms with Gasteiger partial charge in [-0.2, -0.15) is 0 Å². The number of benzene rings is 2. The number of para-hydroxylation sites is 1. The van der Waals surface area contributed by atoms with Crippen LogP contribution in [0.1, 0.15) is 29.8 Å². The lowest BCUT2D eigenvalue weighted by Gasteiger charge is -2.35. The van der Waals surface area contributed by atoms with Crippen LogP contribution in [-0.2, 0) is 11.2 Å². The number of piperazine rings is 1. The maximum Gasteiger partial charge on any atom is 0.315 e. The lowest BCUT2D eigenvalue weighted by atomic mass is 10.1. The molecule has 0 bridgehead atoms. The molecule has 3 aromatic rings. The molecule has 0 spiro atoms. The van der Waals surface area contributed by atoms with Gasteiger partial charge in [0.05, 0.1) is 6.42 Å². The first-order valence-electron chi connectivity index (χ1n) is 12.2. The quantitative estimate of drug-likeness (QED) is 0.390. The SMILES string of the molecule is CCN(CC)CCN1CCN(C(=O)c2ccc(OC(=O)Cc3c[nH]c4ccccc34)cc2)CC1. The summed E-state index contributed by atoms with van der Waals surface area (Å²) in [5.74, 6) is 0.146. The van der Waals surface area contributed by atoms with Crippen LogP contribution in [0, 0.1) is 0 Å². The Morgan fingerprint density at radius 3 is 2.38 bits per heavy atom. The van der Waals surface area contributed by atoms with Crippen LogP contribution in [0.3, 0.4) is 0 Å². The Labute approximate surface area is 201 Å². The number of likely N-dealkylation sites (N-methyl/N-ethyl adjacent to an activating group) is 1. The Morgan fingerprint density at radius 2 is 1.68 bits per heavy atom. The molecule has 0 unspecified atom stereocenters. The number of aromatic amines is 1. The van der Waals surface area contributed by atoms with Crippen LogP contribution in [0.2, 0.25) is 0 Å². The number of nitrogens with zero attached hydrogens (tertiary/aromatic N) is 3. The Morgan fingerprint density at radius 1 is 0.971 bits per heavy atom. The minimum Gasteiger partial charge on any atom is -0.426 e. The van der Waals surface area contributed by atoms with E-state index in [9.17, 15) is 9.59 Å². The van der Waals surface area contributed by atoms with Gasteiger partial charge in [0, 0.05) is 61.9 Å². The molecule has 1 N–H and O–H groups in total. The fourth-order valence-electron chi connectivity index (χ4n) is 4.45. The monoisotopic (exact) mass is 462 g/mol. The van der Waals surface area contributed by atoms with E-state index in [1.165, 1.54) is 0 Å². The van der Waals surface area contributed by atoms with Gasteiger partial charge < -0.3 is 19.5 Å². The van der Waals surface area contributed by atoms with Crippen molar-refractivity contribution < 1.29 is 14.3 Å². The summed E-state index contributed by atoms with van der Waals surface area (Å²) in [4.78, 5) is 35.3. The van der Waals surface area contributed by atoms with Crippen LogP contribution in [0.4, 0.5) is 0 Å². The molecule has 2 heterocycles. The number of hydrogen-bond acceptors (Lipinski definition) is 5. The third-order valence-corrected chi connectivity index (χ3v) is 6.63. The van der Waals surface area contributed by atoms with Gasteiger partial charge in [0.2, 0.25) is 0 Å². The van der Waals surface area contributed by atoms with Gasteiger partial charge in [-0.05, 0) is 49.0 Å². The number of carbonyl (C=O) groups is 2. The molecule has 0 atom stereocenters. The minimum atomic E-state index is -0.329. The van der Waals surface area contributed by atoms with E-state index in [1.807, 2.05) is 35.4 Å². The first-order chi connectivity index (χ1) is 16.6. The molecule has 180 valence electrons. The summed E-state index contributed by atoms with van der Waals surface area (Å²) in [7, 11) is 0. The predicted molar refractivity (Wildman–Crippen MR) is 134 cm³/mol. The van der Waals surface area contributed by atoms with Gasteiger partial charge >= 0.3 is 5.97 Å². The molecule has 2 aromatic carbocycles. The zero-order valence-corrected chi connectivity index (χ0v) is 20.1. The molecule has 1 saturated heterocycles. The second-order valence-electron chi connectivity index (χ2n) is 8.70. The van der Waals surface area contributed by atoms with E-state index in [0.29, 0.717) is 11.3 Å². The molecule has 7 heteroatoms. The highest BCUT2D eigenvalue weighted by Gasteiger charge is 2.22. The number of esters is 1. The molecule has 0 aliphatic carbocycles. The predicted octanol–water partition coefficient (Wildman–Crippen LogP) is 3.42. The Bertz CT molecular complexity index is 1100. The van der Waals surface area contributed by atoms with E-state index in [0.717, 1.165) is 68.8 Å². The van der Waals surface area contributed by atoms with Crippen molar-refractivity contribution in [2.45, 2.75) is 20.3 Å². The molecule has 1 aliphatic heterocycles. The first-order valence-corrected chi connectivity index (χ1v) is 12.2. The average molecular weight is 463 g/mol. The maximum atomic E-state index is 12.9. The zero-order valence-electron chi connectivity index (χ0n) is 20.1. The summed E-state index contributed by atoms with van der Waals surface area (Å²) in [6.07, 6.45) is 2.03. The lowest BCUT2D eigenvalue weighted by Crippen LogP contribution is -2.50. The fourth-order valence-corrected chi connectivity index (χ4v) is 4.45. The van der Waals surface area contributed by atoms with Crippen LogP contribution >= 0.6 is 0 Å². The van der Waals surface area contributed by atoms with E-state index >= 15 is 0 Å². The number of rotatable bonds is 9. The van der Waals surface area contributed by atoms with Crippen LogP contribution in [-0.4, -0.2) is 83.9 Å². The van der Waals surface area contributed by atoms with Crippen LogP contribution in [0.5, 0.6) is 5.75 Å². The number of carbonyl (C=O) groups excluding carboxylic acids is 2. The van der Waals surface area contributed by atoms with Crippen molar-refractivity contribution in [2.75, 3.05) is 52.4 Å². The number of nitrogens with one attached hydrogen (secondary N) is 1. The summed E-state index contributed by atoms with van der Waals surface area (Å²) in [6, 6.07) is 14.7. The largest absolute Gasteiger partial charge is 0.426 e. The number of aromatic nitrogens is 1. The van der Waals surface area contributed by atoms with Crippen molar-refractivity contribution >= 4 is 22.8 Å². The molecule has 1 amide bonds. The number of hydrogen-bond donors (Lipinski definition) is 1. The summed E-state index contributed by atoms with van der Waals surface area (Å²) in [5, 5.41) is 1.02. The number of ether oxygens (including phenoxy) is 1. The second kappa shape index (κ2) is 11.3. The van der Waals surface area contributed by atoms with Gasteiger partial charge in [0.1, 0.15) is 5.75 Å². The molecule has 1 fully saturated rings. The van der Waals surface area contributed by atoms with Gasteiger partial charge in [-0.1, -0.05) is 32.0 Å². The van der Waals surface area contributed by atoms with E-state index in [4.69, 9.17) is 4.74 Å². The molecule has 1 aliphatic rings. The van der Waals surface area contributed by atoms with E-state index < -0.39 is 0 Å². The highest BCUT2D eigenvalue weighted by molar-refractivity contribution is 5.94. The van der Waals surface area contributed by atoms with Gasteiger partial charge in [0.15, 0.2) is 0 Å². The van der Waals surface area contributed by atoms with E-state index in [1.54, 1.807) is 24.3 Å². The van der Waals surface area contributed by atoms with Crippen molar-refractivity contribution in [1.82, 2.24) is 19.7 Å². The molecule has 1 aromatic heterocycles. The third-order valence-electron chi connectivity index (χ3n) is 6.63. The molecule has 34 heavy (non-hydrogen) atoms. The van der Waals surface area contributed by atoms with Gasteiger partial charge in [-0.15, -0.1) is 0 Å². The topological polar surface area (TPSA) is 68.9 Å². The van der Waals surface area contributed by atoms with Gasteiger partial charge in [-0.25, -0.2) is 0 Å². The van der Waals surface area contributed by atoms with Crippen molar-refractivity contribution in [3.63, 3.8) is 0 Å². The molecule has 7 nitrogen and oxygen atoms in total. The van der Waals surface area contributed by atoms with Crippen LogP contribution < -0.4 is 4.74 Å². The van der Waals surface area contributed by atoms with Crippen molar-refractivity contribution in [2.24, 2.45) is 0 Å². The van der Waals surface area contributed by atoms with Crippen molar-refractivity contribution in [1.29, 1.82) is 0 Å². The minimum absolute atomic E-state index is 0.0278. The summed E-state index contributed by atoms with van der Waals surface area (Å²) in [6.45, 7) is 11.9. The summed E-state index contributed by atoms with van der Waals surface area (Å²) < 4.78 is 5.51. The van der Waals surface area contributed by atoms with Gasteiger partial charge in [-0.3, -0.25) is 14.5 Å². The van der Waals surface area contributed by atoms with E-state index in [-0.39, 0.29) is 18.3 Å². The fraction of sp³-hybridized carbons (Fsp3) is 0.407. The Balaban J connectivity index is 1.26. The molecular formula is C27H34N4O3. The first kappa shape index (κ1) is 24.0. The van der Waals surface area contributed by atoms with Crippen molar-refractivity contribution in [3.8, 4) is 5.75 Å². The van der Waals surface area contributed by atoms with Crippen LogP contribution in [0.25, 0.3) is 10.9 Å². The van der Waals surface area contributed by atoms with Crippen molar-refractivity contribution in [3.05, 3.63) is 65.9 Å². The maximum absolute atomic E-state index is 12.9. The molecular weight excluding hydrogens is 428 g/mol. The third kappa shape index (κ3) is 5.85. The second-order valence-corrected chi connectivity index (χ2v) is 8.70. The summed E-state index contributed by atoms with van der Waals surface area (Å²) >= 11 is 0. The number of H-pyrrole nitrogens is 1. The zero-order chi connectivity index (χ0) is 23.9. The highest BCUT2D eigenvalue weighted by Crippen LogP contribution is 2.20. The smallest absolute Gasteiger partial charge is 0.315 e. The highest BCUT2D eigenvalue weighted by atomic mass is 16.5. The Hall–Kier alpha value is -3.16. The molecule has 0 radical (unpaired) electrons. The molecule has 4 rings (SSSR count). The lowest BCUT2D eigenvalue weighted by molar-refractivity contribution is -0.133.